The highest BCUT2D eigenvalue weighted by molar-refractivity contribution is 6.08. The van der Waals surface area contributed by atoms with Crippen LogP contribution in [0.15, 0.2) is 65.1 Å². The lowest BCUT2D eigenvalue weighted by atomic mass is 10.1. The van der Waals surface area contributed by atoms with Crippen molar-refractivity contribution in [1.82, 2.24) is 0 Å². The van der Waals surface area contributed by atoms with E-state index < -0.39 is 18.0 Å². The number of amides is 1. The monoisotopic (exact) mass is 405 g/mol. The molecule has 1 aromatic heterocycles. The highest BCUT2D eigenvalue weighted by atomic mass is 16.5. The maximum absolute atomic E-state index is 12.6. The average molecular weight is 405 g/mol. The van der Waals surface area contributed by atoms with Crippen LogP contribution in [0.2, 0.25) is 0 Å². The number of hydrogen-bond acceptors (Lipinski definition) is 6. The molecule has 3 aromatic carbocycles. The molecule has 7 nitrogen and oxygen atoms in total. The molecule has 1 heterocycles. The zero-order valence-corrected chi connectivity index (χ0v) is 16.3. The van der Waals surface area contributed by atoms with Crippen LogP contribution in [0.4, 0.5) is 5.69 Å². The Kier molecular flexibility index (Phi) is 5.02. The Morgan fingerprint density at radius 1 is 1.00 bits per heavy atom. The van der Waals surface area contributed by atoms with Crippen LogP contribution in [-0.2, 0) is 9.53 Å². The Morgan fingerprint density at radius 3 is 2.47 bits per heavy atom. The van der Waals surface area contributed by atoms with E-state index in [1.165, 1.54) is 38.3 Å². The standard InChI is InChI=1S/C23H19NO6/c1-13(29-23(27)14-7-9-15(25)10-8-14)22(26)24-18-12-20-17(11-21(18)28-2)16-5-3-4-6-19(16)30-20/h3-13,25H,1-2H3,(H,24,26)/t13-/m0/s1. The Hall–Kier alpha value is -4.00. The van der Waals surface area contributed by atoms with Crippen LogP contribution in [0.25, 0.3) is 21.9 Å². The molecule has 0 bridgehead atoms. The van der Waals surface area contributed by atoms with Gasteiger partial charge in [0.25, 0.3) is 5.91 Å². The predicted octanol–water partition coefficient (Wildman–Crippen LogP) is 4.48. The molecule has 2 N–H and O–H groups in total. The molecule has 0 spiro atoms. The summed E-state index contributed by atoms with van der Waals surface area (Å²) in [5.41, 5.74) is 1.96. The van der Waals surface area contributed by atoms with Gasteiger partial charge in [-0.25, -0.2) is 4.79 Å². The van der Waals surface area contributed by atoms with Crippen LogP contribution in [0.5, 0.6) is 11.5 Å². The van der Waals surface area contributed by atoms with E-state index in [1.807, 2.05) is 24.3 Å². The second kappa shape index (κ2) is 7.79. The lowest BCUT2D eigenvalue weighted by Crippen LogP contribution is -2.30. The molecular formula is C23H19NO6. The minimum absolute atomic E-state index is 0.0328. The van der Waals surface area contributed by atoms with Gasteiger partial charge in [-0.15, -0.1) is 0 Å². The maximum Gasteiger partial charge on any atom is 0.338 e. The normalized spacial score (nSPS) is 11.9. The molecule has 1 atom stereocenters. The topological polar surface area (TPSA) is 98.0 Å². The van der Waals surface area contributed by atoms with Crippen LogP contribution < -0.4 is 10.1 Å². The first-order chi connectivity index (χ1) is 14.5. The molecule has 1 amide bonds. The van der Waals surface area contributed by atoms with E-state index in [2.05, 4.69) is 5.32 Å². The predicted molar refractivity (Wildman–Crippen MR) is 112 cm³/mol. The fourth-order valence-corrected chi connectivity index (χ4v) is 3.13. The van der Waals surface area contributed by atoms with Crippen LogP contribution in [0.1, 0.15) is 17.3 Å². The number of nitrogens with one attached hydrogen (secondary N) is 1. The number of furan rings is 1. The fourth-order valence-electron chi connectivity index (χ4n) is 3.13. The highest BCUT2D eigenvalue weighted by Crippen LogP contribution is 2.36. The van der Waals surface area contributed by atoms with Crippen LogP contribution in [-0.4, -0.2) is 30.2 Å². The lowest BCUT2D eigenvalue weighted by molar-refractivity contribution is -0.123. The van der Waals surface area contributed by atoms with Gasteiger partial charge < -0.3 is 24.3 Å². The van der Waals surface area contributed by atoms with Gasteiger partial charge in [0.1, 0.15) is 22.7 Å². The molecule has 0 aliphatic heterocycles. The molecule has 0 fully saturated rings. The van der Waals surface area contributed by atoms with Gasteiger partial charge in [0.2, 0.25) is 0 Å². The summed E-state index contributed by atoms with van der Waals surface area (Å²) in [4.78, 5) is 24.8. The van der Waals surface area contributed by atoms with Crippen molar-refractivity contribution >= 4 is 39.5 Å². The largest absolute Gasteiger partial charge is 0.508 e. The van der Waals surface area contributed by atoms with Crippen molar-refractivity contribution in [2.24, 2.45) is 0 Å². The minimum Gasteiger partial charge on any atom is -0.508 e. The van der Waals surface area contributed by atoms with E-state index in [9.17, 15) is 14.7 Å². The number of ether oxygens (including phenoxy) is 2. The molecule has 4 rings (SSSR count). The van der Waals surface area contributed by atoms with E-state index in [4.69, 9.17) is 13.9 Å². The molecule has 0 unspecified atom stereocenters. The second-order valence-corrected chi connectivity index (χ2v) is 6.73. The van der Waals surface area contributed by atoms with Crippen molar-refractivity contribution in [3.05, 3.63) is 66.2 Å². The smallest absolute Gasteiger partial charge is 0.338 e. The number of aromatic hydroxyl groups is 1. The molecule has 0 saturated carbocycles. The number of esters is 1. The van der Waals surface area contributed by atoms with Crippen molar-refractivity contribution in [2.75, 3.05) is 12.4 Å². The number of phenols is 1. The third kappa shape index (κ3) is 3.65. The van der Waals surface area contributed by atoms with E-state index in [0.717, 1.165) is 16.4 Å². The minimum atomic E-state index is -1.05. The van der Waals surface area contributed by atoms with Crippen molar-refractivity contribution in [1.29, 1.82) is 0 Å². The van der Waals surface area contributed by atoms with Crippen LogP contribution in [0, 0.1) is 0 Å². The molecule has 0 aliphatic carbocycles. The van der Waals surface area contributed by atoms with E-state index >= 15 is 0 Å². The molecule has 4 aromatic rings. The van der Waals surface area contributed by atoms with Gasteiger partial charge in [-0.05, 0) is 43.3 Å². The van der Waals surface area contributed by atoms with Gasteiger partial charge >= 0.3 is 5.97 Å². The number of hydrogen-bond donors (Lipinski definition) is 2. The number of rotatable bonds is 5. The summed E-state index contributed by atoms with van der Waals surface area (Å²) in [5.74, 6) is -0.696. The Balaban J connectivity index is 1.55. The average Bonchev–Trinajstić information content (AvgIpc) is 3.10. The first kappa shape index (κ1) is 19.3. The Labute approximate surface area is 171 Å². The van der Waals surface area contributed by atoms with E-state index in [-0.39, 0.29) is 11.3 Å². The number of carbonyl (C=O) groups excluding carboxylic acids is 2. The number of carbonyl (C=O) groups is 2. The number of para-hydroxylation sites is 1. The van der Waals surface area contributed by atoms with Crippen molar-refractivity contribution in [3.63, 3.8) is 0 Å². The van der Waals surface area contributed by atoms with E-state index in [0.29, 0.717) is 17.0 Å². The molecule has 7 heteroatoms. The summed E-state index contributed by atoms with van der Waals surface area (Å²) in [6, 6.07) is 16.7. The number of benzene rings is 3. The van der Waals surface area contributed by atoms with Crippen molar-refractivity contribution in [2.45, 2.75) is 13.0 Å². The highest BCUT2D eigenvalue weighted by Gasteiger charge is 2.21. The second-order valence-electron chi connectivity index (χ2n) is 6.73. The van der Waals surface area contributed by atoms with Gasteiger partial charge in [0.05, 0.1) is 18.4 Å². The van der Waals surface area contributed by atoms with Gasteiger partial charge in [-0.1, -0.05) is 18.2 Å². The molecule has 30 heavy (non-hydrogen) atoms. The fraction of sp³-hybridized carbons (Fsp3) is 0.130. The zero-order valence-electron chi connectivity index (χ0n) is 16.3. The summed E-state index contributed by atoms with van der Waals surface area (Å²) < 4.78 is 16.5. The SMILES string of the molecule is COc1cc2c(cc1NC(=O)[C@H](C)OC(=O)c1ccc(O)cc1)oc1ccccc12. The molecular weight excluding hydrogens is 386 g/mol. The maximum atomic E-state index is 12.6. The first-order valence-electron chi connectivity index (χ1n) is 9.26. The Morgan fingerprint density at radius 2 is 1.73 bits per heavy atom. The number of anilines is 1. The third-order valence-electron chi connectivity index (χ3n) is 4.71. The van der Waals surface area contributed by atoms with Crippen molar-refractivity contribution < 1.29 is 28.6 Å². The summed E-state index contributed by atoms with van der Waals surface area (Å²) in [6.07, 6.45) is -1.05. The lowest BCUT2D eigenvalue weighted by Gasteiger charge is -2.15. The van der Waals surface area contributed by atoms with Crippen LogP contribution >= 0.6 is 0 Å². The molecule has 0 radical (unpaired) electrons. The Bertz CT molecular complexity index is 1240. The van der Waals surface area contributed by atoms with Gasteiger partial charge in [0.15, 0.2) is 6.10 Å². The molecule has 0 aliphatic rings. The van der Waals surface area contributed by atoms with Crippen LogP contribution in [0.3, 0.4) is 0 Å². The quantitative estimate of drug-likeness (QED) is 0.475. The number of methoxy groups -OCH3 is 1. The third-order valence-corrected chi connectivity index (χ3v) is 4.71. The number of phenolic OH excluding ortho intramolecular Hbond substituents is 1. The van der Waals surface area contributed by atoms with Gasteiger partial charge in [-0.2, -0.15) is 0 Å². The summed E-state index contributed by atoms with van der Waals surface area (Å²) in [5, 5.41) is 13.8. The zero-order chi connectivity index (χ0) is 21.3. The molecule has 152 valence electrons. The first-order valence-corrected chi connectivity index (χ1v) is 9.26. The number of fused-ring (bicyclic) bond motifs is 3. The van der Waals surface area contributed by atoms with Crippen molar-refractivity contribution in [3.8, 4) is 11.5 Å². The van der Waals surface area contributed by atoms with Gasteiger partial charge in [-0.3, -0.25) is 4.79 Å². The molecule has 0 saturated heterocycles. The summed E-state index contributed by atoms with van der Waals surface area (Å²) in [7, 11) is 1.51. The summed E-state index contributed by atoms with van der Waals surface area (Å²) >= 11 is 0. The van der Waals surface area contributed by atoms with E-state index in [1.54, 1.807) is 12.1 Å². The summed E-state index contributed by atoms with van der Waals surface area (Å²) in [6.45, 7) is 1.47. The van der Waals surface area contributed by atoms with Gasteiger partial charge in [0, 0.05) is 16.8 Å².